The van der Waals surface area contributed by atoms with Gasteiger partial charge in [-0.05, 0) is 13.5 Å². The SMILES string of the molecule is COCCCNC(=O)CN(C)c1ncnc2c1CN(C)CC2. The summed E-state index contributed by atoms with van der Waals surface area (Å²) in [6.07, 6.45) is 3.34. The highest BCUT2D eigenvalue weighted by Gasteiger charge is 2.21. The number of likely N-dealkylation sites (N-methyl/N-ethyl adjacent to an activating group) is 2. The molecule has 0 unspecified atom stereocenters. The van der Waals surface area contributed by atoms with Crippen LogP contribution < -0.4 is 10.2 Å². The zero-order chi connectivity index (χ0) is 15.9. The van der Waals surface area contributed by atoms with E-state index in [4.69, 9.17) is 4.74 Å². The first-order chi connectivity index (χ1) is 10.6. The molecule has 7 heteroatoms. The van der Waals surface area contributed by atoms with Crippen molar-refractivity contribution in [3.63, 3.8) is 0 Å². The lowest BCUT2D eigenvalue weighted by molar-refractivity contribution is -0.119. The summed E-state index contributed by atoms with van der Waals surface area (Å²) in [4.78, 5) is 24.9. The van der Waals surface area contributed by atoms with Gasteiger partial charge in [-0.2, -0.15) is 0 Å². The van der Waals surface area contributed by atoms with Crippen molar-refractivity contribution in [3.8, 4) is 0 Å². The van der Waals surface area contributed by atoms with Gasteiger partial charge in [-0.25, -0.2) is 9.97 Å². The fourth-order valence-electron chi connectivity index (χ4n) is 2.58. The summed E-state index contributed by atoms with van der Waals surface area (Å²) in [5.41, 5.74) is 2.22. The number of rotatable bonds is 7. The van der Waals surface area contributed by atoms with E-state index in [1.807, 2.05) is 11.9 Å². The van der Waals surface area contributed by atoms with Gasteiger partial charge in [0.25, 0.3) is 0 Å². The third kappa shape index (κ3) is 4.38. The van der Waals surface area contributed by atoms with Gasteiger partial charge in [0.15, 0.2) is 0 Å². The van der Waals surface area contributed by atoms with Crippen molar-refractivity contribution in [2.24, 2.45) is 0 Å². The molecule has 0 radical (unpaired) electrons. The highest BCUT2D eigenvalue weighted by molar-refractivity contribution is 5.81. The van der Waals surface area contributed by atoms with Crippen molar-refractivity contribution in [1.82, 2.24) is 20.2 Å². The van der Waals surface area contributed by atoms with E-state index in [1.165, 1.54) is 0 Å². The molecule has 0 spiro atoms. The zero-order valence-corrected chi connectivity index (χ0v) is 13.6. The maximum Gasteiger partial charge on any atom is 0.239 e. The van der Waals surface area contributed by atoms with Crippen LogP contribution in [0.2, 0.25) is 0 Å². The van der Waals surface area contributed by atoms with Gasteiger partial charge >= 0.3 is 0 Å². The van der Waals surface area contributed by atoms with Gasteiger partial charge in [0, 0.05) is 52.4 Å². The van der Waals surface area contributed by atoms with Crippen LogP contribution in [0.25, 0.3) is 0 Å². The maximum absolute atomic E-state index is 12.0. The van der Waals surface area contributed by atoms with Crippen LogP contribution in [0.5, 0.6) is 0 Å². The number of amides is 1. The van der Waals surface area contributed by atoms with E-state index in [9.17, 15) is 4.79 Å². The van der Waals surface area contributed by atoms with Crippen LogP contribution in [0.3, 0.4) is 0 Å². The molecule has 0 saturated carbocycles. The monoisotopic (exact) mass is 307 g/mol. The topological polar surface area (TPSA) is 70.6 Å². The minimum Gasteiger partial charge on any atom is -0.385 e. The number of methoxy groups -OCH3 is 1. The average molecular weight is 307 g/mol. The summed E-state index contributed by atoms with van der Waals surface area (Å²) in [6.45, 7) is 3.41. The molecule has 122 valence electrons. The molecule has 0 aliphatic carbocycles. The smallest absolute Gasteiger partial charge is 0.239 e. The summed E-state index contributed by atoms with van der Waals surface area (Å²) < 4.78 is 4.96. The van der Waals surface area contributed by atoms with E-state index >= 15 is 0 Å². The van der Waals surface area contributed by atoms with Crippen molar-refractivity contribution in [2.75, 3.05) is 52.3 Å². The van der Waals surface area contributed by atoms with Crippen molar-refractivity contribution < 1.29 is 9.53 Å². The van der Waals surface area contributed by atoms with Gasteiger partial charge < -0.3 is 19.9 Å². The Morgan fingerprint density at radius 1 is 1.50 bits per heavy atom. The van der Waals surface area contributed by atoms with Crippen LogP contribution in [0, 0.1) is 0 Å². The first kappa shape index (κ1) is 16.6. The molecular weight excluding hydrogens is 282 g/mol. The summed E-state index contributed by atoms with van der Waals surface area (Å²) in [7, 11) is 5.64. The average Bonchev–Trinajstić information content (AvgIpc) is 2.50. The van der Waals surface area contributed by atoms with E-state index in [0.717, 1.165) is 43.0 Å². The van der Waals surface area contributed by atoms with Crippen LogP contribution >= 0.6 is 0 Å². The molecule has 2 heterocycles. The summed E-state index contributed by atoms with van der Waals surface area (Å²) in [5.74, 6) is 0.846. The number of hydrogen-bond acceptors (Lipinski definition) is 6. The molecule has 0 atom stereocenters. The fourth-order valence-corrected chi connectivity index (χ4v) is 2.58. The first-order valence-electron chi connectivity index (χ1n) is 7.60. The fraction of sp³-hybridized carbons (Fsp3) is 0.667. The number of anilines is 1. The van der Waals surface area contributed by atoms with E-state index in [-0.39, 0.29) is 5.91 Å². The van der Waals surface area contributed by atoms with Crippen molar-refractivity contribution in [2.45, 2.75) is 19.4 Å². The maximum atomic E-state index is 12.0. The minimum atomic E-state index is -0.00451. The van der Waals surface area contributed by atoms with E-state index < -0.39 is 0 Å². The normalized spacial score (nSPS) is 14.5. The molecular formula is C15H25N5O2. The lowest BCUT2D eigenvalue weighted by Crippen LogP contribution is -2.37. The predicted octanol–water partition coefficient (Wildman–Crippen LogP) is 0.0534. The van der Waals surface area contributed by atoms with Crippen molar-refractivity contribution in [3.05, 3.63) is 17.6 Å². The molecule has 1 aliphatic rings. The number of carbonyl (C=O) groups is 1. The second kappa shape index (κ2) is 8.05. The van der Waals surface area contributed by atoms with Gasteiger partial charge in [0.2, 0.25) is 5.91 Å². The highest BCUT2D eigenvalue weighted by Crippen LogP contribution is 2.23. The number of aromatic nitrogens is 2. The molecule has 1 aromatic rings. The first-order valence-corrected chi connectivity index (χ1v) is 7.60. The summed E-state index contributed by atoms with van der Waals surface area (Å²) >= 11 is 0. The van der Waals surface area contributed by atoms with Gasteiger partial charge in [-0.1, -0.05) is 0 Å². The molecule has 1 aromatic heterocycles. The molecule has 22 heavy (non-hydrogen) atoms. The molecule has 7 nitrogen and oxygen atoms in total. The Kier molecular flexibility index (Phi) is 6.09. The van der Waals surface area contributed by atoms with Gasteiger partial charge in [-0.15, -0.1) is 0 Å². The van der Waals surface area contributed by atoms with Crippen LogP contribution in [-0.2, 0) is 22.5 Å². The highest BCUT2D eigenvalue weighted by atomic mass is 16.5. The zero-order valence-electron chi connectivity index (χ0n) is 13.6. The molecule has 1 aliphatic heterocycles. The van der Waals surface area contributed by atoms with Crippen LogP contribution in [0.15, 0.2) is 6.33 Å². The molecule has 2 rings (SSSR count). The lowest BCUT2D eigenvalue weighted by Gasteiger charge is -2.28. The van der Waals surface area contributed by atoms with Gasteiger partial charge in [0.1, 0.15) is 12.1 Å². The second-order valence-electron chi connectivity index (χ2n) is 5.66. The second-order valence-corrected chi connectivity index (χ2v) is 5.66. The number of hydrogen-bond donors (Lipinski definition) is 1. The largest absolute Gasteiger partial charge is 0.385 e. The van der Waals surface area contributed by atoms with Crippen molar-refractivity contribution in [1.29, 1.82) is 0 Å². The molecule has 1 amide bonds. The third-order valence-corrected chi connectivity index (χ3v) is 3.76. The Morgan fingerprint density at radius 3 is 3.09 bits per heavy atom. The summed E-state index contributed by atoms with van der Waals surface area (Å²) in [5, 5.41) is 2.89. The Hall–Kier alpha value is -1.73. The molecule has 1 N–H and O–H groups in total. The van der Waals surface area contributed by atoms with Gasteiger partial charge in [0.05, 0.1) is 12.2 Å². The number of ether oxygens (including phenoxy) is 1. The quantitative estimate of drug-likeness (QED) is 0.718. The van der Waals surface area contributed by atoms with Crippen molar-refractivity contribution >= 4 is 11.7 Å². The summed E-state index contributed by atoms with van der Waals surface area (Å²) in [6, 6.07) is 0. The number of fused-ring (bicyclic) bond motifs is 1. The molecule has 0 saturated heterocycles. The number of nitrogens with zero attached hydrogens (tertiary/aromatic N) is 4. The van der Waals surface area contributed by atoms with Crippen LogP contribution in [-0.4, -0.2) is 68.2 Å². The number of carbonyl (C=O) groups excluding carboxylic acids is 1. The minimum absolute atomic E-state index is 0.00451. The molecule has 0 fully saturated rings. The lowest BCUT2D eigenvalue weighted by atomic mass is 10.1. The third-order valence-electron chi connectivity index (χ3n) is 3.76. The van der Waals surface area contributed by atoms with E-state index in [2.05, 4.69) is 27.2 Å². The van der Waals surface area contributed by atoms with Crippen LogP contribution in [0.4, 0.5) is 5.82 Å². The Bertz CT molecular complexity index is 509. The van der Waals surface area contributed by atoms with Crippen LogP contribution in [0.1, 0.15) is 17.7 Å². The Morgan fingerprint density at radius 2 is 2.32 bits per heavy atom. The number of nitrogens with one attached hydrogen (secondary N) is 1. The van der Waals surface area contributed by atoms with E-state index in [1.54, 1.807) is 13.4 Å². The predicted molar refractivity (Wildman–Crippen MR) is 84.8 cm³/mol. The Balaban J connectivity index is 1.95. The molecule has 0 bridgehead atoms. The van der Waals surface area contributed by atoms with Gasteiger partial charge in [-0.3, -0.25) is 4.79 Å². The van der Waals surface area contributed by atoms with E-state index in [0.29, 0.717) is 19.7 Å². The standard InChI is InChI=1S/C15H25N5O2/c1-19-7-5-13-12(9-19)15(18-11-17-13)20(2)10-14(21)16-6-4-8-22-3/h11H,4-10H2,1-3H3,(H,16,21). The molecule has 0 aromatic carbocycles. The Labute approximate surface area is 131 Å².